The molecule has 0 bridgehead atoms. The summed E-state index contributed by atoms with van der Waals surface area (Å²) in [5.74, 6) is -1.34. The average molecular weight is 400 g/mol. The summed E-state index contributed by atoms with van der Waals surface area (Å²) in [5, 5.41) is 6.26. The van der Waals surface area contributed by atoms with E-state index in [-0.39, 0.29) is 24.7 Å². The van der Waals surface area contributed by atoms with Gasteiger partial charge < -0.3 is 20.1 Å². The van der Waals surface area contributed by atoms with Gasteiger partial charge in [0.2, 0.25) is 5.91 Å². The number of amides is 1. The smallest absolute Gasteiger partial charge is 0.347 e. The van der Waals surface area contributed by atoms with Crippen molar-refractivity contribution in [3.63, 3.8) is 0 Å². The number of esters is 2. The molecule has 1 aromatic carbocycles. The predicted octanol–water partition coefficient (Wildman–Crippen LogP) is 2.79. The van der Waals surface area contributed by atoms with Gasteiger partial charge in [0.25, 0.3) is 0 Å². The number of fused-ring (bicyclic) bond motifs is 1. The van der Waals surface area contributed by atoms with Gasteiger partial charge >= 0.3 is 11.9 Å². The lowest BCUT2D eigenvalue weighted by molar-refractivity contribution is -0.146. The summed E-state index contributed by atoms with van der Waals surface area (Å²) in [5.41, 5.74) is 0.930. The van der Waals surface area contributed by atoms with E-state index in [4.69, 9.17) is 9.47 Å². The molecule has 0 atom stereocenters. The van der Waals surface area contributed by atoms with Crippen molar-refractivity contribution in [2.24, 2.45) is 0 Å². The molecule has 0 fully saturated rings. The minimum absolute atomic E-state index is 0.0926. The Morgan fingerprint density at radius 1 is 1.03 bits per heavy atom. The van der Waals surface area contributed by atoms with E-state index in [0.717, 1.165) is 6.42 Å². The SMILES string of the molecule is CCCC(=O)Nc1ccc2ncnc(NC=C(C(=O)OCC)C(=O)OCC)c2c1. The summed E-state index contributed by atoms with van der Waals surface area (Å²) >= 11 is 0. The van der Waals surface area contributed by atoms with Crippen LogP contribution in [0.2, 0.25) is 0 Å². The van der Waals surface area contributed by atoms with Crippen molar-refractivity contribution in [3.8, 4) is 0 Å². The number of ether oxygens (including phenoxy) is 2. The number of carbonyl (C=O) groups excluding carboxylic acids is 3. The molecule has 0 radical (unpaired) electrons. The van der Waals surface area contributed by atoms with Gasteiger partial charge in [0, 0.05) is 23.7 Å². The van der Waals surface area contributed by atoms with Gasteiger partial charge in [-0.1, -0.05) is 6.92 Å². The highest BCUT2D eigenvalue weighted by Crippen LogP contribution is 2.23. The average Bonchev–Trinajstić information content (AvgIpc) is 2.69. The van der Waals surface area contributed by atoms with E-state index < -0.39 is 11.9 Å². The lowest BCUT2D eigenvalue weighted by atomic mass is 10.2. The molecule has 0 aliphatic carbocycles. The van der Waals surface area contributed by atoms with E-state index in [2.05, 4.69) is 20.6 Å². The molecule has 1 heterocycles. The molecule has 154 valence electrons. The summed E-state index contributed by atoms with van der Waals surface area (Å²) in [6, 6.07) is 5.20. The fraction of sp³-hybridized carbons (Fsp3) is 0.350. The molecule has 0 unspecified atom stereocenters. The first-order chi connectivity index (χ1) is 14.0. The number of rotatable bonds is 9. The van der Waals surface area contributed by atoms with Crippen LogP contribution >= 0.6 is 0 Å². The topological polar surface area (TPSA) is 120 Å². The number of anilines is 2. The molecular formula is C20H24N4O5. The molecule has 9 heteroatoms. The van der Waals surface area contributed by atoms with Crippen LogP contribution in [-0.2, 0) is 23.9 Å². The van der Waals surface area contributed by atoms with Gasteiger partial charge in [-0.05, 0) is 38.5 Å². The number of nitrogens with zero attached hydrogens (tertiary/aromatic N) is 2. The number of hydrogen-bond acceptors (Lipinski definition) is 8. The number of benzene rings is 1. The Morgan fingerprint density at radius 3 is 2.34 bits per heavy atom. The molecule has 0 saturated carbocycles. The van der Waals surface area contributed by atoms with E-state index in [1.807, 2.05) is 6.92 Å². The first-order valence-corrected chi connectivity index (χ1v) is 9.35. The molecule has 0 spiro atoms. The molecule has 9 nitrogen and oxygen atoms in total. The van der Waals surface area contributed by atoms with Crippen molar-refractivity contribution in [1.29, 1.82) is 0 Å². The Morgan fingerprint density at radius 2 is 1.72 bits per heavy atom. The standard InChI is InChI=1S/C20H24N4O5/c1-4-7-17(25)24-13-8-9-16-14(10-13)18(23-12-22-16)21-11-15(19(26)28-5-2)20(27)29-6-3/h8-12H,4-7H2,1-3H3,(H,24,25)(H,21,22,23). The van der Waals surface area contributed by atoms with Crippen LogP contribution in [-0.4, -0.2) is 41.0 Å². The Hall–Kier alpha value is -3.49. The summed E-state index contributed by atoms with van der Waals surface area (Å²) in [6.45, 7) is 5.44. The molecule has 1 amide bonds. The van der Waals surface area contributed by atoms with E-state index in [1.54, 1.807) is 32.0 Å². The van der Waals surface area contributed by atoms with Crippen LogP contribution in [0.5, 0.6) is 0 Å². The molecule has 0 aliphatic heterocycles. The second-order valence-electron chi connectivity index (χ2n) is 5.90. The third-order valence-corrected chi connectivity index (χ3v) is 3.74. The quantitative estimate of drug-likeness (QED) is 0.285. The highest BCUT2D eigenvalue weighted by Gasteiger charge is 2.21. The van der Waals surface area contributed by atoms with Crippen LogP contribution in [0.25, 0.3) is 10.9 Å². The number of nitrogens with one attached hydrogen (secondary N) is 2. The van der Waals surface area contributed by atoms with E-state index in [0.29, 0.717) is 28.8 Å². The molecule has 0 aliphatic rings. The summed E-state index contributed by atoms with van der Waals surface area (Å²) < 4.78 is 9.81. The van der Waals surface area contributed by atoms with Crippen LogP contribution in [0.4, 0.5) is 11.5 Å². The normalized spacial score (nSPS) is 10.2. The van der Waals surface area contributed by atoms with Crippen molar-refractivity contribution < 1.29 is 23.9 Å². The van der Waals surface area contributed by atoms with E-state index in [1.165, 1.54) is 12.5 Å². The van der Waals surface area contributed by atoms with Crippen molar-refractivity contribution in [3.05, 3.63) is 36.3 Å². The maximum Gasteiger partial charge on any atom is 0.347 e. The zero-order valence-corrected chi connectivity index (χ0v) is 16.7. The molecule has 1 aromatic heterocycles. The van der Waals surface area contributed by atoms with Gasteiger partial charge in [0.15, 0.2) is 5.57 Å². The maximum atomic E-state index is 12.1. The summed E-state index contributed by atoms with van der Waals surface area (Å²) in [7, 11) is 0. The highest BCUT2D eigenvalue weighted by atomic mass is 16.6. The number of aromatic nitrogens is 2. The van der Waals surface area contributed by atoms with Crippen LogP contribution < -0.4 is 10.6 Å². The lowest BCUT2D eigenvalue weighted by Gasteiger charge is -2.10. The van der Waals surface area contributed by atoms with E-state index in [9.17, 15) is 14.4 Å². The molecular weight excluding hydrogens is 376 g/mol. The van der Waals surface area contributed by atoms with Crippen molar-refractivity contribution in [2.75, 3.05) is 23.8 Å². The van der Waals surface area contributed by atoms with Crippen molar-refractivity contribution >= 4 is 40.3 Å². The van der Waals surface area contributed by atoms with Gasteiger partial charge in [-0.3, -0.25) is 4.79 Å². The summed E-state index contributed by atoms with van der Waals surface area (Å²) in [6.07, 6.45) is 3.70. The first-order valence-electron chi connectivity index (χ1n) is 9.35. The molecule has 0 saturated heterocycles. The van der Waals surface area contributed by atoms with Gasteiger partial charge in [0.1, 0.15) is 12.1 Å². The zero-order chi connectivity index (χ0) is 21.2. The van der Waals surface area contributed by atoms with Gasteiger partial charge in [-0.25, -0.2) is 19.6 Å². The molecule has 2 aromatic rings. The highest BCUT2D eigenvalue weighted by molar-refractivity contribution is 6.14. The number of carbonyl (C=O) groups is 3. The second-order valence-corrected chi connectivity index (χ2v) is 5.90. The minimum atomic E-state index is -0.802. The first kappa shape index (κ1) is 21.8. The van der Waals surface area contributed by atoms with Gasteiger partial charge in [-0.15, -0.1) is 0 Å². The minimum Gasteiger partial charge on any atom is -0.462 e. The van der Waals surface area contributed by atoms with Crippen molar-refractivity contribution in [2.45, 2.75) is 33.6 Å². The fourth-order valence-electron chi connectivity index (χ4n) is 2.46. The Labute approximate surface area is 168 Å². The summed E-state index contributed by atoms with van der Waals surface area (Å²) in [4.78, 5) is 44.3. The Kier molecular flexibility index (Phi) is 8.08. The second kappa shape index (κ2) is 10.7. The third-order valence-electron chi connectivity index (χ3n) is 3.74. The Balaban J connectivity index is 2.35. The molecule has 2 rings (SSSR count). The molecule has 29 heavy (non-hydrogen) atoms. The van der Waals surface area contributed by atoms with Crippen LogP contribution in [0.1, 0.15) is 33.6 Å². The van der Waals surface area contributed by atoms with E-state index >= 15 is 0 Å². The predicted molar refractivity (Wildman–Crippen MR) is 108 cm³/mol. The van der Waals surface area contributed by atoms with Crippen LogP contribution in [0.15, 0.2) is 36.3 Å². The third kappa shape index (κ3) is 6.00. The fourth-order valence-corrected chi connectivity index (χ4v) is 2.46. The lowest BCUT2D eigenvalue weighted by Crippen LogP contribution is -2.19. The van der Waals surface area contributed by atoms with Gasteiger partial charge in [0.05, 0.1) is 18.7 Å². The Bertz CT molecular complexity index is 906. The van der Waals surface area contributed by atoms with Crippen molar-refractivity contribution in [1.82, 2.24) is 9.97 Å². The van der Waals surface area contributed by atoms with Gasteiger partial charge in [-0.2, -0.15) is 0 Å². The largest absolute Gasteiger partial charge is 0.462 e. The van der Waals surface area contributed by atoms with Crippen LogP contribution in [0.3, 0.4) is 0 Å². The zero-order valence-electron chi connectivity index (χ0n) is 16.7. The monoisotopic (exact) mass is 400 g/mol. The number of hydrogen-bond donors (Lipinski definition) is 2. The maximum absolute atomic E-state index is 12.1. The van der Waals surface area contributed by atoms with Crippen LogP contribution in [0, 0.1) is 0 Å². The molecule has 2 N–H and O–H groups in total.